The van der Waals surface area contributed by atoms with Crippen molar-refractivity contribution in [3.63, 3.8) is 0 Å². The standard InChI is InChI=1S/C35H16Cl12N6O3/c36-32(37,38)28-48-26(49-29(52-28)33(39,40)41)19-5-13-23(14-6-19)55-21-9-1-17(2-10-21)25(54)18-3-11-22(12-4-18)56-24-15-7-20(8-16-24)27-50-30(34(42,43)44)53-31(51-27)35(45,46)47/h1-16H. The van der Waals surface area contributed by atoms with Gasteiger partial charge in [0.2, 0.25) is 15.2 Å². The third-order valence-corrected chi connectivity index (χ3v) is 9.24. The molecule has 0 saturated carbocycles. The molecule has 0 N–H and O–H groups in total. The fraction of sp³-hybridized carbons (Fsp3) is 0.114. The van der Waals surface area contributed by atoms with Crippen molar-refractivity contribution in [3.05, 3.63) is 131 Å². The second-order valence-electron chi connectivity index (χ2n) is 11.2. The lowest BCUT2D eigenvalue weighted by atomic mass is 10.0. The minimum atomic E-state index is -1.99. The lowest BCUT2D eigenvalue weighted by Gasteiger charge is -2.15. The molecule has 0 radical (unpaired) electrons. The van der Waals surface area contributed by atoms with E-state index in [0.717, 1.165) is 0 Å². The van der Waals surface area contributed by atoms with Gasteiger partial charge >= 0.3 is 0 Å². The molecule has 2 aromatic heterocycles. The Bertz CT molecular complexity index is 2130. The predicted molar refractivity (Wildman–Crippen MR) is 224 cm³/mol. The zero-order valence-electron chi connectivity index (χ0n) is 27.2. The Morgan fingerprint density at radius 3 is 0.821 bits per heavy atom. The Kier molecular flexibility index (Phi) is 13.2. The van der Waals surface area contributed by atoms with Crippen LogP contribution >= 0.6 is 139 Å². The van der Waals surface area contributed by atoms with Crippen LogP contribution in [0.3, 0.4) is 0 Å². The number of halogens is 12. The Balaban J connectivity index is 1.09. The smallest absolute Gasteiger partial charge is 0.250 e. The van der Waals surface area contributed by atoms with Gasteiger partial charge in [-0.05, 0) is 97.1 Å². The van der Waals surface area contributed by atoms with Crippen molar-refractivity contribution in [1.82, 2.24) is 29.9 Å². The molecule has 0 bridgehead atoms. The summed E-state index contributed by atoms with van der Waals surface area (Å²) in [4.78, 5) is 38.0. The summed E-state index contributed by atoms with van der Waals surface area (Å²) < 4.78 is 3.96. The van der Waals surface area contributed by atoms with Crippen LogP contribution in [0.2, 0.25) is 0 Å². The quantitative estimate of drug-likeness (QED) is 0.109. The van der Waals surface area contributed by atoms with Crippen molar-refractivity contribution < 1.29 is 14.3 Å². The number of hydrogen-bond acceptors (Lipinski definition) is 9. The van der Waals surface area contributed by atoms with Crippen molar-refractivity contribution in [1.29, 1.82) is 0 Å². The fourth-order valence-electron chi connectivity index (χ4n) is 4.65. The van der Waals surface area contributed by atoms with E-state index in [1.807, 2.05) is 0 Å². The largest absolute Gasteiger partial charge is 0.457 e. The molecule has 21 heteroatoms. The Morgan fingerprint density at radius 1 is 0.357 bits per heavy atom. The van der Waals surface area contributed by atoms with E-state index in [4.69, 9.17) is 149 Å². The predicted octanol–water partition coefficient (Wildman–Crippen LogP) is 13.5. The van der Waals surface area contributed by atoms with Crippen LogP contribution in [0.1, 0.15) is 39.2 Å². The van der Waals surface area contributed by atoms with Crippen LogP contribution in [-0.4, -0.2) is 35.7 Å². The number of rotatable bonds is 8. The van der Waals surface area contributed by atoms with E-state index in [9.17, 15) is 4.79 Å². The van der Waals surface area contributed by atoms with Gasteiger partial charge in [0, 0.05) is 22.3 Å². The minimum Gasteiger partial charge on any atom is -0.457 e. The third-order valence-electron chi connectivity index (χ3n) is 7.21. The molecule has 2 heterocycles. The average molecular weight is 994 g/mol. The Morgan fingerprint density at radius 2 is 0.589 bits per heavy atom. The van der Waals surface area contributed by atoms with Crippen molar-refractivity contribution in [2.24, 2.45) is 0 Å². The van der Waals surface area contributed by atoms with Gasteiger partial charge in [-0.1, -0.05) is 139 Å². The van der Waals surface area contributed by atoms with E-state index >= 15 is 0 Å². The van der Waals surface area contributed by atoms with Gasteiger partial charge < -0.3 is 9.47 Å². The van der Waals surface area contributed by atoms with Crippen LogP contribution < -0.4 is 9.47 Å². The molecule has 4 aromatic carbocycles. The van der Waals surface area contributed by atoms with E-state index < -0.39 is 15.2 Å². The first-order valence-electron chi connectivity index (χ1n) is 15.3. The van der Waals surface area contributed by atoms with E-state index in [1.54, 1.807) is 97.1 Å². The number of carbonyl (C=O) groups is 1. The van der Waals surface area contributed by atoms with Crippen LogP contribution in [0.4, 0.5) is 0 Å². The molecule has 0 saturated heterocycles. The normalized spacial score (nSPS) is 12.4. The summed E-state index contributed by atoms with van der Waals surface area (Å²) in [7, 11) is 0. The summed E-state index contributed by atoms with van der Waals surface area (Å²) in [5, 5.41) is 0. The highest BCUT2D eigenvalue weighted by Crippen LogP contribution is 2.42. The summed E-state index contributed by atoms with van der Waals surface area (Å²) in [6.45, 7) is 0. The van der Waals surface area contributed by atoms with Crippen molar-refractivity contribution in [2.75, 3.05) is 0 Å². The summed E-state index contributed by atoms with van der Waals surface area (Å²) in [5.41, 5.74) is 1.89. The zero-order valence-corrected chi connectivity index (χ0v) is 36.3. The van der Waals surface area contributed by atoms with E-state index in [0.29, 0.717) is 45.3 Å². The molecule has 0 fully saturated rings. The number of nitrogens with zero attached hydrogens (tertiary/aromatic N) is 6. The monoisotopic (exact) mass is 988 g/mol. The highest BCUT2D eigenvalue weighted by atomic mass is 35.6. The van der Waals surface area contributed by atoms with E-state index in [2.05, 4.69) is 29.9 Å². The summed E-state index contributed by atoms with van der Waals surface area (Å²) in [6.07, 6.45) is 0. The molecule has 0 aliphatic carbocycles. The van der Waals surface area contributed by atoms with Gasteiger partial charge in [0.25, 0.3) is 0 Å². The third kappa shape index (κ3) is 11.0. The molecule has 0 aliphatic rings. The van der Waals surface area contributed by atoms with Crippen LogP contribution in [-0.2, 0) is 15.2 Å². The van der Waals surface area contributed by atoms with Gasteiger partial charge in [-0.3, -0.25) is 4.79 Å². The van der Waals surface area contributed by atoms with Crippen LogP contribution in [0, 0.1) is 0 Å². The lowest BCUT2D eigenvalue weighted by Crippen LogP contribution is -2.16. The van der Waals surface area contributed by atoms with Gasteiger partial charge in [-0.2, -0.15) is 0 Å². The first-order chi connectivity index (χ1) is 26.1. The van der Waals surface area contributed by atoms with E-state index in [1.165, 1.54) is 0 Å². The second kappa shape index (κ2) is 17.1. The number of alkyl halides is 12. The number of carbonyl (C=O) groups excluding carboxylic acids is 1. The average Bonchev–Trinajstić information content (AvgIpc) is 3.14. The summed E-state index contributed by atoms with van der Waals surface area (Å²) >= 11 is 71.8. The molecule has 9 nitrogen and oxygen atoms in total. The zero-order chi connectivity index (χ0) is 40.6. The van der Waals surface area contributed by atoms with Gasteiger partial charge in [0.05, 0.1) is 0 Å². The van der Waals surface area contributed by atoms with Crippen molar-refractivity contribution >= 4 is 145 Å². The molecule has 0 atom stereocenters. The van der Waals surface area contributed by atoms with Gasteiger partial charge in [-0.25, -0.2) is 29.9 Å². The highest BCUT2D eigenvalue weighted by Gasteiger charge is 2.35. The maximum atomic E-state index is 13.3. The van der Waals surface area contributed by atoms with Gasteiger partial charge in [0.15, 0.2) is 40.7 Å². The molecule has 6 aromatic rings. The molecule has 0 unspecified atom stereocenters. The SMILES string of the molecule is O=C(c1ccc(Oc2ccc(-c3nc(C(Cl)(Cl)Cl)nc(C(Cl)(Cl)Cl)n3)cc2)cc1)c1ccc(Oc2ccc(-c3nc(C(Cl)(Cl)Cl)nc(C(Cl)(Cl)Cl)n3)cc2)cc1. The first kappa shape index (κ1) is 43.2. The van der Waals surface area contributed by atoms with Gasteiger partial charge in [0.1, 0.15) is 23.0 Å². The molecule has 0 spiro atoms. The number of benzene rings is 4. The molecule has 0 amide bonds. The van der Waals surface area contributed by atoms with Gasteiger partial charge in [-0.15, -0.1) is 0 Å². The topological polar surface area (TPSA) is 113 Å². The molecular formula is C35H16Cl12N6O3. The van der Waals surface area contributed by atoms with Crippen molar-refractivity contribution in [3.8, 4) is 45.8 Å². The maximum Gasteiger partial charge on any atom is 0.250 e. The molecular weight excluding hydrogens is 978 g/mol. The highest BCUT2D eigenvalue weighted by molar-refractivity contribution is 6.68. The summed E-state index contributed by atoms with van der Waals surface area (Å²) in [5.74, 6) is 1.07. The fourth-order valence-corrected chi connectivity index (χ4v) is 5.66. The van der Waals surface area contributed by atoms with Crippen LogP contribution in [0.5, 0.6) is 23.0 Å². The molecule has 0 aliphatic heterocycles. The number of hydrogen-bond donors (Lipinski definition) is 0. The minimum absolute atomic E-state index is 0.111. The first-order valence-corrected chi connectivity index (χ1v) is 19.8. The molecule has 288 valence electrons. The maximum absolute atomic E-state index is 13.3. The summed E-state index contributed by atoms with van der Waals surface area (Å²) in [6, 6.07) is 26.6. The van der Waals surface area contributed by atoms with E-state index in [-0.39, 0.29) is 40.7 Å². The second-order valence-corrected chi connectivity index (χ2v) is 20.4. The molecule has 56 heavy (non-hydrogen) atoms. The Labute approximate surface area is 378 Å². The lowest BCUT2D eigenvalue weighted by molar-refractivity contribution is 0.103. The molecule has 6 rings (SSSR count). The number of ether oxygens (including phenoxy) is 2. The number of aromatic nitrogens is 6. The van der Waals surface area contributed by atoms with Crippen LogP contribution in [0.15, 0.2) is 97.1 Å². The number of ketones is 1. The van der Waals surface area contributed by atoms with Crippen LogP contribution in [0.25, 0.3) is 22.8 Å². The Hall–Kier alpha value is -2.35. The van der Waals surface area contributed by atoms with Crippen molar-refractivity contribution in [2.45, 2.75) is 15.2 Å².